The smallest absolute Gasteiger partial charge is 0.351 e. The molecule has 6 heteroatoms. The second kappa shape index (κ2) is 3.55. The van der Waals surface area contributed by atoms with Crippen molar-refractivity contribution in [2.45, 2.75) is 13.0 Å². The van der Waals surface area contributed by atoms with E-state index in [1.807, 2.05) is 0 Å². The van der Waals surface area contributed by atoms with Crippen LogP contribution in [0.2, 0.25) is 0 Å². The van der Waals surface area contributed by atoms with Crippen LogP contribution in [0.25, 0.3) is 0 Å². The summed E-state index contributed by atoms with van der Waals surface area (Å²) in [4.78, 5) is 21.4. The van der Waals surface area contributed by atoms with Gasteiger partial charge < -0.3 is 9.84 Å². The van der Waals surface area contributed by atoms with Crippen LogP contribution >= 0.6 is 23.2 Å². The van der Waals surface area contributed by atoms with Gasteiger partial charge in [-0.3, -0.25) is 4.79 Å². The van der Waals surface area contributed by atoms with E-state index in [0.717, 1.165) is 0 Å². The molecule has 0 saturated carbocycles. The predicted molar refractivity (Wildman–Crippen MR) is 45.4 cm³/mol. The minimum absolute atomic E-state index is 0.0402. The lowest BCUT2D eigenvalue weighted by Gasteiger charge is -2.13. The minimum atomic E-state index is -1.10. The Morgan fingerprint density at radius 3 is 2.46 bits per heavy atom. The molecular weight excluding hydrogens is 219 g/mol. The van der Waals surface area contributed by atoms with E-state index in [9.17, 15) is 9.59 Å². The number of carboxylic acid groups (broad SMARTS) is 1. The van der Waals surface area contributed by atoms with Crippen LogP contribution in [0.15, 0.2) is 10.1 Å². The summed E-state index contributed by atoms with van der Waals surface area (Å²) in [6.07, 6.45) is -0.959. The Morgan fingerprint density at radius 1 is 1.62 bits per heavy atom. The molecule has 13 heavy (non-hydrogen) atoms. The molecule has 4 nitrogen and oxygen atoms in total. The van der Waals surface area contributed by atoms with Crippen LogP contribution in [0.3, 0.4) is 0 Å². The summed E-state index contributed by atoms with van der Waals surface area (Å²) in [5.74, 6) is -2.76. The van der Waals surface area contributed by atoms with Gasteiger partial charge in [0.1, 0.15) is 5.03 Å². The van der Waals surface area contributed by atoms with Crippen LogP contribution in [-0.2, 0) is 14.3 Å². The standard InChI is InChI=1S/C7H6Cl2O4/c1-2(6(10)11)5-3(8)4(9)7(12)13-5/h2,5H,1H3,(H,10,11). The molecule has 0 aromatic carbocycles. The molecular formula is C7H6Cl2O4. The molecule has 1 N–H and O–H groups in total. The number of rotatable bonds is 2. The van der Waals surface area contributed by atoms with Crippen LogP contribution in [0.5, 0.6) is 0 Å². The fourth-order valence-electron chi connectivity index (χ4n) is 0.892. The molecule has 2 atom stereocenters. The summed E-state index contributed by atoms with van der Waals surface area (Å²) in [5.41, 5.74) is 0. The summed E-state index contributed by atoms with van der Waals surface area (Å²) in [7, 11) is 0. The number of aliphatic carboxylic acids is 1. The first-order valence-electron chi connectivity index (χ1n) is 3.44. The first kappa shape index (κ1) is 10.3. The third-order valence-electron chi connectivity index (χ3n) is 1.72. The molecule has 0 amide bonds. The van der Waals surface area contributed by atoms with Gasteiger partial charge in [-0.2, -0.15) is 0 Å². The number of esters is 1. The highest BCUT2D eigenvalue weighted by Gasteiger charge is 2.38. The molecule has 1 aliphatic heterocycles. The quantitative estimate of drug-likeness (QED) is 0.719. The van der Waals surface area contributed by atoms with E-state index in [2.05, 4.69) is 4.74 Å². The highest BCUT2D eigenvalue weighted by molar-refractivity contribution is 6.48. The van der Waals surface area contributed by atoms with Crippen LogP contribution in [-0.4, -0.2) is 23.1 Å². The Balaban J connectivity index is 2.88. The van der Waals surface area contributed by atoms with Gasteiger partial charge in [0, 0.05) is 0 Å². The summed E-state index contributed by atoms with van der Waals surface area (Å²) in [5, 5.41) is 8.34. The zero-order chi connectivity index (χ0) is 10.2. The van der Waals surface area contributed by atoms with Crippen molar-refractivity contribution in [3.05, 3.63) is 10.1 Å². The maximum absolute atomic E-state index is 10.8. The van der Waals surface area contributed by atoms with Crippen molar-refractivity contribution in [3.63, 3.8) is 0 Å². The van der Waals surface area contributed by atoms with Crippen molar-refractivity contribution < 1.29 is 19.4 Å². The summed E-state index contributed by atoms with van der Waals surface area (Å²) in [6, 6.07) is 0. The Bertz CT molecular complexity index is 297. The van der Waals surface area contributed by atoms with Crippen LogP contribution in [0, 0.1) is 5.92 Å². The predicted octanol–water partition coefficient (Wildman–Crippen LogP) is 1.32. The fourth-order valence-corrected chi connectivity index (χ4v) is 1.35. The number of carboxylic acids is 1. The largest absolute Gasteiger partial charge is 0.481 e. The van der Waals surface area contributed by atoms with Crippen molar-refractivity contribution in [2.24, 2.45) is 5.92 Å². The highest BCUT2D eigenvalue weighted by Crippen LogP contribution is 2.32. The molecule has 0 aliphatic carbocycles. The normalized spacial score (nSPS) is 24.5. The zero-order valence-electron chi connectivity index (χ0n) is 6.58. The number of hydrogen-bond donors (Lipinski definition) is 1. The minimum Gasteiger partial charge on any atom is -0.481 e. The number of hydrogen-bond acceptors (Lipinski definition) is 3. The summed E-state index contributed by atoms with van der Waals surface area (Å²) >= 11 is 11.0. The molecule has 72 valence electrons. The van der Waals surface area contributed by atoms with E-state index in [0.29, 0.717) is 0 Å². The monoisotopic (exact) mass is 224 g/mol. The number of carbonyl (C=O) groups is 2. The SMILES string of the molecule is CC(C(=O)O)C1OC(=O)C(Cl)=C1Cl. The third kappa shape index (κ3) is 1.78. The lowest BCUT2D eigenvalue weighted by Crippen LogP contribution is -2.26. The van der Waals surface area contributed by atoms with Crippen molar-refractivity contribution >= 4 is 35.1 Å². The van der Waals surface area contributed by atoms with Crippen LogP contribution < -0.4 is 0 Å². The molecule has 0 aromatic heterocycles. The average Bonchev–Trinajstić information content (AvgIpc) is 2.31. The Kier molecular flexibility index (Phi) is 2.83. The van der Waals surface area contributed by atoms with Gasteiger partial charge in [0.05, 0.1) is 11.0 Å². The van der Waals surface area contributed by atoms with E-state index in [1.165, 1.54) is 6.92 Å². The van der Waals surface area contributed by atoms with Gasteiger partial charge >= 0.3 is 11.9 Å². The van der Waals surface area contributed by atoms with Gasteiger partial charge in [-0.25, -0.2) is 4.79 Å². The topological polar surface area (TPSA) is 63.6 Å². The molecule has 0 fully saturated rings. The van der Waals surface area contributed by atoms with E-state index >= 15 is 0 Å². The van der Waals surface area contributed by atoms with E-state index in [4.69, 9.17) is 28.3 Å². The molecule has 0 radical (unpaired) electrons. The second-order valence-electron chi connectivity index (χ2n) is 2.61. The molecule has 0 saturated heterocycles. The van der Waals surface area contributed by atoms with Crippen molar-refractivity contribution in [1.82, 2.24) is 0 Å². The Morgan fingerprint density at radius 2 is 2.15 bits per heavy atom. The van der Waals surface area contributed by atoms with E-state index in [1.54, 1.807) is 0 Å². The van der Waals surface area contributed by atoms with Crippen LogP contribution in [0.4, 0.5) is 0 Å². The number of cyclic esters (lactones) is 1. The molecule has 1 heterocycles. The Labute approximate surface area is 84.1 Å². The van der Waals surface area contributed by atoms with Gasteiger partial charge in [-0.05, 0) is 6.92 Å². The van der Waals surface area contributed by atoms with Gasteiger partial charge in [-0.1, -0.05) is 23.2 Å². The first-order chi connectivity index (χ1) is 5.95. The van der Waals surface area contributed by atoms with Crippen molar-refractivity contribution in [2.75, 3.05) is 0 Å². The average molecular weight is 225 g/mol. The molecule has 2 unspecified atom stereocenters. The molecule has 0 spiro atoms. The molecule has 1 rings (SSSR count). The number of ether oxygens (including phenoxy) is 1. The maximum Gasteiger partial charge on any atom is 0.351 e. The van der Waals surface area contributed by atoms with Crippen molar-refractivity contribution in [1.29, 1.82) is 0 Å². The lowest BCUT2D eigenvalue weighted by atomic mass is 10.1. The maximum atomic E-state index is 10.8. The summed E-state index contributed by atoms with van der Waals surface area (Å²) in [6.45, 7) is 1.39. The van der Waals surface area contributed by atoms with Crippen LogP contribution in [0.1, 0.15) is 6.92 Å². The Hall–Kier alpha value is -0.740. The van der Waals surface area contributed by atoms with E-state index < -0.39 is 24.0 Å². The van der Waals surface area contributed by atoms with Gasteiger partial charge in [-0.15, -0.1) is 0 Å². The lowest BCUT2D eigenvalue weighted by molar-refractivity contribution is -0.149. The van der Waals surface area contributed by atoms with Gasteiger partial charge in [0.15, 0.2) is 6.10 Å². The highest BCUT2D eigenvalue weighted by atomic mass is 35.5. The molecule has 0 bridgehead atoms. The fraction of sp³-hybridized carbons (Fsp3) is 0.429. The first-order valence-corrected chi connectivity index (χ1v) is 4.19. The van der Waals surface area contributed by atoms with Crippen molar-refractivity contribution in [3.8, 4) is 0 Å². The van der Waals surface area contributed by atoms with E-state index in [-0.39, 0.29) is 10.1 Å². The zero-order valence-corrected chi connectivity index (χ0v) is 8.09. The van der Waals surface area contributed by atoms with Gasteiger partial charge in [0.2, 0.25) is 0 Å². The third-order valence-corrected chi connectivity index (χ3v) is 2.58. The molecule has 1 aliphatic rings. The number of carbonyl (C=O) groups excluding carboxylic acids is 1. The second-order valence-corrected chi connectivity index (χ2v) is 3.40. The van der Waals surface area contributed by atoms with Gasteiger partial charge in [0.25, 0.3) is 0 Å². The summed E-state index contributed by atoms with van der Waals surface area (Å²) < 4.78 is 4.65. The number of halogens is 2. The molecule has 0 aromatic rings.